The van der Waals surface area contributed by atoms with Crippen LogP contribution in [0.15, 0.2) is 4.42 Å². The highest BCUT2D eigenvalue weighted by Crippen LogP contribution is 2.52. The van der Waals surface area contributed by atoms with Gasteiger partial charge in [-0.25, -0.2) is 9.78 Å². The number of aromatic carboxylic acids is 1. The number of oxazole rings is 1. The van der Waals surface area contributed by atoms with Crippen molar-refractivity contribution in [2.24, 2.45) is 11.8 Å². The van der Waals surface area contributed by atoms with Crippen molar-refractivity contribution in [2.75, 3.05) is 7.11 Å². The molecule has 0 aromatic carbocycles. The van der Waals surface area contributed by atoms with Crippen LogP contribution in [0.5, 0.6) is 0 Å². The molecule has 2 saturated carbocycles. The lowest BCUT2D eigenvalue weighted by Gasteiger charge is -2.17. The molecule has 0 spiro atoms. The smallest absolute Gasteiger partial charge is 0.373 e. The summed E-state index contributed by atoms with van der Waals surface area (Å²) >= 11 is 0. The first-order valence-electron chi connectivity index (χ1n) is 6.41. The first-order chi connectivity index (χ1) is 8.69. The zero-order valence-corrected chi connectivity index (χ0v) is 10.4. The summed E-state index contributed by atoms with van der Waals surface area (Å²) in [7, 11) is 1.53. The van der Waals surface area contributed by atoms with Crippen LogP contribution in [0.25, 0.3) is 0 Å². The van der Waals surface area contributed by atoms with E-state index in [1.807, 2.05) is 0 Å². The number of ether oxygens (including phenoxy) is 1. The molecule has 5 heteroatoms. The largest absolute Gasteiger partial charge is 0.475 e. The Labute approximate surface area is 105 Å². The fraction of sp³-hybridized carbons (Fsp3) is 0.692. The highest BCUT2D eigenvalue weighted by atomic mass is 16.5. The monoisotopic (exact) mass is 251 g/mol. The highest BCUT2D eigenvalue weighted by Gasteiger charge is 2.43. The molecule has 2 fully saturated rings. The molecular weight excluding hydrogens is 234 g/mol. The number of aromatic nitrogens is 1. The van der Waals surface area contributed by atoms with Gasteiger partial charge in [-0.05, 0) is 31.1 Å². The van der Waals surface area contributed by atoms with Gasteiger partial charge in [-0.2, -0.15) is 0 Å². The Hall–Kier alpha value is -1.36. The molecule has 3 atom stereocenters. The van der Waals surface area contributed by atoms with Gasteiger partial charge in [-0.1, -0.05) is 6.42 Å². The predicted molar refractivity (Wildman–Crippen MR) is 62.4 cm³/mol. The van der Waals surface area contributed by atoms with Gasteiger partial charge in [0.05, 0.1) is 6.61 Å². The number of hydrogen-bond acceptors (Lipinski definition) is 4. The summed E-state index contributed by atoms with van der Waals surface area (Å²) in [5.41, 5.74) is 0.405. The minimum absolute atomic E-state index is 0.0605. The van der Waals surface area contributed by atoms with Gasteiger partial charge in [0.2, 0.25) is 5.76 Å². The third kappa shape index (κ3) is 1.82. The molecule has 2 aliphatic rings. The van der Waals surface area contributed by atoms with Crippen LogP contribution in [0.4, 0.5) is 0 Å². The Bertz CT molecular complexity index is 468. The molecule has 0 saturated heterocycles. The lowest BCUT2D eigenvalue weighted by Crippen LogP contribution is -2.08. The normalized spacial score (nSPS) is 29.9. The number of methoxy groups -OCH3 is 1. The molecule has 1 aromatic heterocycles. The van der Waals surface area contributed by atoms with E-state index < -0.39 is 5.97 Å². The summed E-state index contributed by atoms with van der Waals surface area (Å²) in [6.45, 7) is 0.186. The average molecular weight is 251 g/mol. The summed E-state index contributed by atoms with van der Waals surface area (Å²) in [5.74, 6) is 1.20. The molecule has 0 radical (unpaired) electrons. The zero-order chi connectivity index (χ0) is 12.7. The first-order valence-corrected chi connectivity index (χ1v) is 6.41. The molecule has 1 aromatic rings. The van der Waals surface area contributed by atoms with E-state index in [0.29, 0.717) is 23.4 Å². The van der Waals surface area contributed by atoms with Crippen molar-refractivity contribution in [1.82, 2.24) is 4.98 Å². The third-order valence-corrected chi connectivity index (χ3v) is 4.24. The quantitative estimate of drug-likeness (QED) is 0.889. The van der Waals surface area contributed by atoms with Crippen LogP contribution in [0.3, 0.4) is 0 Å². The highest BCUT2D eigenvalue weighted by molar-refractivity contribution is 5.85. The maximum absolute atomic E-state index is 11.1. The third-order valence-electron chi connectivity index (χ3n) is 4.24. The van der Waals surface area contributed by atoms with E-state index in [4.69, 9.17) is 14.3 Å². The Kier molecular flexibility index (Phi) is 2.86. The second kappa shape index (κ2) is 4.39. The molecule has 1 N–H and O–H groups in total. The predicted octanol–water partition coefficient (Wildman–Crippen LogP) is 2.42. The number of carbonyl (C=O) groups is 1. The van der Waals surface area contributed by atoms with E-state index in [-0.39, 0.29) is 12.4 Å². The maximum Gasteiger partial charge on any atom is 0.373 e. The molecule has 2 bridgehead atoms. The molecule has 0 aliphatic heterocycles. The average Bonchev–Trinajstić information content (AvgIpc) is 3.02. The van der Waals surface area contributed by atoms with E-state index in [2.05, 4.69) is 4.98 Å². The van der Waals surface area contributed by atoms with Crippen LogP contribution in [0, 0.1) is 11.8 Å². The van der Waals surface area contributed by atoms with Crippen molar-refractivity contribution in [3.63, 3.8) is 0 Å². The lowest BCUT2D eigenvalue weighted by molar-refractivity contribution is 0.0652. The summed E-state index contributed by atoms with van der Waals surface area (Å²) in [6.07, 6.45) is 4.87. The van der Waals surface area contributed by atoms with Gasteiger partial charge in [0.25, 0.3) is 0 Å². The molecule has 3 unspecified atom stereocenters. The molecule has 1 heterocycles. The summed E-state index contributed by atoms with van der Waals surface area (Å²) in [6, 6.07) is 0. The second-order valence-corrected chi connectivity index (χ2v) is 5.35. The Morgan fingerprint density at radius 1 is 1.50 bits per heavy atom. The number of rotatable bonds is 4. The zero-order valence-electron chi connectivity index (χ0n) is 10.4. The lowest BCUT2D eigenvalue weighted by atomic mass is 9.89. The number of nitrogens with zero attached hydrogens (tertiary/aromatic N) is 1. The van der Waals surface area contributed by atoms with Gasteiger partial charge in [0.1, 0.15) is 5.69 Å². The molecule has 3 rings (SSSR count). The van der Waals surface area contributed by atoms with Crippen molar-refractivity contribution in [3.05, 3.63) is 17.3 Å². The van der Waals surface area contributed by atoms with Crippen molar-refractivity contribution in [3.8, 4) is 0 Å². The Morgan fingerprint density at radius 3 is 2.89 bits per heavy atom. The Balaban J connectivity index is 1.88. The van der Waals surface area contributed by atoms with Crippen molar-refractivity contribution in [1.29, 1.82) is 0 Å². The van der Waals surface area contributed by atoms with Crippen LogP contribution in [-0.2, 0) is 11.3 Å². The van der Waals surface area contributed by atoms with Crippen LogP contribution in [0.2, 0.25) is 0 Å². The minimum Gasteiger partial charge on any atom is -0.475 e. The molecule has 18 heavy (non-hydrogen) atoms. The molecule has 98 valence electrons. The number of carboxylic acids is 1. The number of fused-ring (bicyclic) bond motifs is 2. The fourth-order valence-corrected chi connectivity index (χ4v) is 3.48. The standard InChI is InChI=1S/C13H17NO4/c1-17-6-10-11(13(15)16)18-12(14-10)9-5-7-2-3-8(9)4-7/h7-9H,2-6H2,1H3,(H,15,16). The molecule has 2 aliphatic carbocycles. The number of carboxylic acid groups (broad SMARTS) is 1. The second-order valence-electron chi connectivity index (χ2n) is 5.35. The fourth-order valence-electron chi connectivity index (χ4n) is 3.48. The van der Waals surface area contributed by atoms with Crippen LogP contribution >= 0.6 is 0 Å². The van der Waals surface area contributed by atoms with Gasteiger partial charge in [0.15, 0.2) is 5.89 Å². The van der Waals surface area contributed by atoms with Gasteiger partial charge >= 0.3 is 5.97 Å². The van der Waals surface area contributed by atoms with Gasteiger partial charge in [-0.3, -0.25) is 0 Å². The van der Waals surface area contributed by atoms with Crippen molar-refractivity contribution in [2.45, 2.75) is 38.2 Å². The van der Waals surface area contributed by atoms with Crippen molar-refractivity contribution >= 4 is 5.97 Å². The van der Waals surface area contributed by atoms with Gasteiger partial charge in [0, 0.05) is 13.0 Å². The van der Waals surface area contributed by atoms with E-state index in [0.717, 1.165) is 12.3 Å². The maximum atomic E-state index is 11.1. The molecule has 5 nitrogen and oxygen atoms in total. The van der Waals surface area contributed by atoms with Gasteiger partial charge < -0.3 is 14.3 Å². The van der Waals surface area contributed by atoms with E-state index in [1.165, 1.54) is 26.4 Å². The SMILES string of the molecule is COCc1nc(C2CC3CCC2C3)oc1C(=O)O. The van der Waals surface area contributed by atoms with Crippen LogP contribution in [0.1, 0.15) is 53.7 Å². The van der Waals surface area contributed by atoms with E-state index >= 15 is 0 Å². The first kappa shape index (κ1) is 11.7. The summed E-state index contributed by atoms with van der Waals surface area (Å²) < 4.78 is 10.4. The summed E-state index contributed by atoms with van der Waals surface area (Å²) in [5, 5.41) is 9.09. The molecular formula is C13H17NO4. The van der Waals surface area contributed by atoms with E-state index in [1.54, 1.807) is 0 Å². The minimum atomic E-state index is -1.07. The number of hydrogen-bond donors (Lipinski definition) is 1. The summed E-state index contributed by atoms with van der Waals surface area (Å²) in [4.78, 5) is 15.4. The van der Waals surface area contributed by atoms with Gasteiger partial charge in [-0.15, -0.1) is 0 Å². The molecule has 0 amide bonds. The van der Waals surface area contributed by atoms with Crippen LogP contribution in [-0.4, -0.2) is 23.2 Å². The van der Waals surface area contributed by atoms with E-state index in [9.17, 15) is 4.79 Å². The van der Waals surface area contributed by atoms with Crippen LogP contribution < -0.4 is 0 Å². The topological polar surface area (TPSA) is 72.6 Å². The van der Waals surface area contributed by atoms with Crippen molar-refractivity contribution < 1.29 is 19.1 Å². The Morgan fingerprint density at radius 2 is 2.33 bits per heavy atom.